The van der Waals surface area contributed by atoms with Gasteiger partial charge in [0.2, 0.25) is 0 Å². The third kappa shape index (κ3) is 3.42. The molecule has 2 heterocycles. The number of fused-ring (bicyclic) bond motifs is 1. The Hall–Kier alpha value is -3.38. The summed E-state index contributed by atoms with van der Waals surface area (Å²) < 4.78 is 15.1. The number of hydrogen-bond acceptors (Lipinski definition) is 4. The van der Waals surface area contributed by atoms with Crippen molar-refractivity contribution in [1.82, 2.24) is 19.5 Å². The van der Waals surface area contributed by atoms with E-state index in [1.807, 2.05) is 6.92 Å². The van der Waals surface area contributed by atoms with Crippen LogP contribution in [0.25, 0.3) is 28.7 Å². The first kappa shape index (κ1) is 18.0. The van der Waals surface area contributed by atoms with Gasteiger partial charge in [-0.15, -0.1) is 0 Å². The van der Waals surface area contributed by atoms with Crippen molar-refractivity contribution in [3.05, 3.63) is 93.3 Å². The Morgan fingerprint density at radius 3 is 2.68 bits per heavy atom. The van der Waals surface area contributed by atoms with Crippen molar-refractivity contribution in [2.45, 2.75) is 6.92 Å². The summed E-state index contributed by atoms with van der Waals surface area (Å²) in [4.78, 5) is 26.2. The van der Waals surface area contributed by atoms with E-state index in [1.54, 1.807) is 48.7 Å². The molecule has 2 aromatic heterocycles. The SMILES string of the molecule is Cc1ccnc(C=Cc2nc3ccc(F)cc3c(=O)n2-c2ccccc2Cl)n1. The number of benzene rings is 2. The van der Waals surface area contributed by atoms with E-state index in [-0.39, 0.29) is 5.39 Å². The molecule has 138 valence electrons. The third-order valence-corrected chi connectivity index (χ3v) is 4.46. The summed E-state index contributed by atoms with van der Waals surface area (Å²) in [6.07, 6.45) is 4.96. The van der Waals surface area contributed by atoms with Crippen LogP contribution in [-0.2, 0) is 0 Å². The summed E-state index contributed by atoms with van der Waals surface area (Å²) in [6.45, 7) is 1.86. The highest BCUT2D eigenvalue weighted by Gasteiger charge is 2.14. The molecule has 0 fully saturated rings. The molecule has 0 saturated carbocycles. The van der Waals surface area contributed by atoms with Crippen LogP contribution >= 0.6 is 11.6 Å². The van der Waals surface area contributed by atoms with Crippen molar-refractivity contribution in [3.63, 3.8) is 0 Å². The van der Waals surface area contributed by atoms with Crippen molar-refractivity contribution in [1.29, 1.82) is 0 Å². The Bertz CT molecular complexity index is 1280. The molecule has 0 N–H and O–H groups in total. The Kier molecular flexibility index (Phi) is 4.71. The lowest BCUT2D eigenvalue weighted by molar-refractivity contribution is 0.629. The fourth-order valence-corrected chi connectivity index (χ4v) is 3.07. The van der Waals surface area contributed by atoms with E-state index < -0.39 is 11.4 Å². The standard InChI is InChI=1S/C21H14ClFN4O/c1-13-10-11-24-19(25-13)8-9-20-26-17-7-6-14(23)12-15(17)21(28)27(20)18-5-3-2-4-16(18)22/h2-12H,1H3. The fourth-order valence-electron chi connectivity index (χ4n) is 2.85. The summed E-state index contributed by atoms with van der Waals surface area (Å²) in [6, 6.07) is 12.6. The van der Waals surface area contributed by atoms with Gasteiger partial charge in [-0.3, -0.25) is 9.36 Å². The molecule has 7 heteroatoms. The van der Waals surface area contributed by atoms with Gasteiger partial charge in [0.25, 0.3) is 5.56 Å². The fraction of sp³-hybridized carbons (Fsp3) is 0.0476. The molecule has 2 aromatic carbocycles. The summed E-state index contributed by atoms with van der Waals surface area (Å²) in [7, 11) is 0. The van der Waals surface area contributed by atoms with Gasteiger partial charge in [0.1, 0.15) is 11.6 Å². The molecular weight excluding hydrogens is 379 g/mol. The first-order chi connectivity index (χ1) is 13.5. The summed E-state index contributed by atoms with van der Waals surface area (Å²) in [5, 5.41) is 0.549. The Balaban J connectivity index is 1.98. The van der Waals surface area contributed by atoms with E-state index in [0.717, 1.165) is 5.69 Å². The molecule has 4 aromatic rings. The normalized spacial score (nSPS) is 11.4. The predicted octanol–water partition coefficient (Wildman–Crippen LogP) is 4.45. The molecule has 0 radical (unpaired) electrons. The molecule has 0 aliphatic rings. The lowest BCUT2D eigenvalue weighted by Crippen LogP contribution is -2.22. The van der Waals surface area contributed by atoms with Crippen molar-refractivity contribution in [2.75, 3.05) is 0 Å². The second-order valence-electron chi connectivity index (χ2n) is 6.11. The van der Waals surface area contributed by atoms with E-state index in [9.17, 15) is 9.18 Å². The number of halogens is 2. The number of aryl methyl sites for hydroxylation is 1. The van der Waals surface area contributed by atoms with E-state index in [2.05, 4.69) is 15.0 Å². The molecule has 28 heavy (non-hydrogen) atoms. The van der Waals surface area contributed by atoms with Gasteiger partial charge in [-0.05, 0) is 55.5 Å². The largest absolute Gasteiger partial charge is 0.268 e. The van der Waals surface area contributed by atoms with Gasteiger partial charge >= 0.3 is 0 Å². The molecule has 4 rings (SSSR count). The molecule has 5 nitrogen and oxygen atoms in total. The topological polar surface area (TPSA) is 60.7 Å². The van der Waals surface area contributed by atoms with Gasteiger partial charge < -0.3 is 0 Å². The lowest BCUT2D eigenvalue weighted by atomic mass is 10.2. The zero-order valence-electron chi connectivity index (χ0n) is 14.8. The quantitative estimate of drug-likeness (QED) is 0.517. The zero-order valence-corrected chi connectivity index (χ0v) is 15.6. The second kappa shape index (κ2) is 7.32. The van der Waals surface area contributed by atoms with Crippen LogP contribution in [0.15, 0.2) is 59.5 Å². The summed E-state index contributed by atoms with van der Waals surface area (Å²) >= 11 is 6.31. The molecule has 0 unspecified atom stereocenters. The Morgan fingerprint density at radius 1 is 1.07 bits per heavy atom. The van der Waals surface area contributed by atoms with Crippen LogP contribution in [0.4, 0.5) is 4.39 Å². The van der Waals surface area contributed by atoms with Gasteiger partial charge in [-0.1, -0.05) is 23.7 Å². The number of aromatic nitrogens is 4. The minimum absolute atomic E-state index is 0.170. The van der Waals surface area contributed by atoms with Gasteiger partial charge in [0, 0.05) is 11.9 Å². The highest BCUT2D eigenvalue weighted by molar-refractivity contribution is 6.32. The molecule has 0 spiro atoms. The third-order valence-electron chi connectivity index (χ3n) is 4.14. The van der Waals surface area contributed by atoms with Crippen LogP contribution in [0.2, 0.25) is 5.02 Å². The number of rotatable bonds is 3. The number of nitrogens with zero attached hydrogens (tertiary/aromatic N) is 4. The molecule has 0 aliphatic carbocycles. The first-order valence-electron chi connectivity index (χ1n) is 8.48. The van der Waals surface area contributed by atoms with Crippen molar-refractivity contribution in [3.8, 4) is 5.69 Å². The smallest absolute Gasteiger partial charge is 0.266 e. The highest BCUT2D eigenvalue weighted by Crippen LogP contribution is 2.22. The maximum atomic E-state index is 13.7. The second-order valence-corrected chi connectivity index (χ2v) is 6.52. The zero-order chi connectivity index (χ0) is 19.7. The minimum atomic E-state index is -0.506. The first-order valence-corrected chi connectivity index (χ1v) is 8.86. The van der Waals surface area contributed by atoms with Crippen molar-refractivity contribution >= 4 is 34.7 Å². The summed E-state index contributed by atoms with van der Waals surface area (Å²) in [5.41, 5.74) is 1.25. The van der Waals surface area contributed by atoms with Gasteiger partial charge in [0.05, 0.1) is 21.6 Å². The van der Waals surface area contributed by atoms with Crippen LogP contribution in [0, 0.1) is 12.7 Å². The molecule has 0 amide bonds. The van der Waals surface area contributed by atoms with Gasteiger partial charge in [-0.2, -0.15) is 0 Å². The van der Waals surface area contributed by atoms with E-state index in [0.29, 0.717) is 27.9 Å². The van der Waals surface area contributed by atoms with Crippen LogP contribution in [0.5, 0.6) is 0 Å². The van der Waals surface area contributed by atoms with Crippen LogP contribution in [0.1, 0.15) is 17.3 Å². The van der Waals surface area contributed by atoms with Crippen LogP contribution < -0.4 is 5.56 Å². The average Bonchev–Trinajstić information content (AvgIpc) is 2.68. The van der Waals surface area contributed by atoms with E-state index in [4.69, 9.17) is 11.6 Å². The van der Waals surface area contributed by atoms with Crippen molar-refractivity contribution in [2.24, 2.45) is 0 Å². The number of para-hydroxylation sites is 1. The van der Waals surface area contributed by atoms with E-state index in [1.165, 1.54) is 22.8 Å². The molecular formula is C21H14ClFN4O. The summed E-state index contributed by atoms with van der Waals surface area (Å²) in [5.74, 6) is 0.315. The minimum Gasteiger partial charge on any atom is -0.268 e. The van der Waals surface area contributed by atoms with Crippen LogP contribution in [-0.4, -0.2) is 19.5 Å². The molecule has 0 aliphatic heterocycles. The lowest BCUT2D eigenvalue weighted by Gasteiger charge is -2.12. The molecule has 0 bridgehead atoms. The van der Waals surface area contributed by atoms with E-state index >= 15 is 0 Å². The monoisotopic (exact) mass is 392 g/mol. The number of hydrogen-bond donors (Lipinski definition) is 0. The van der Waals surface area contributed by atoms with Gasteiger partial charge in [0.15, 0.2) is 5.82 Å². The Morgan fingerprint density at radius 2 is 1.89 bits per heavy atom. The van der Waals surface area contributed by atoms with Crippen LogP contribution in [0.3, 0.4) is 0 Å². The molecule has 0 saturated heterocycles. The average molecular weight is 393 g/mol. The van der Waals surface area contributed by atoms with Crippen molar-refractivity contribution < 1.29 is 4.39 Å². The highest BCUT2D eigenvalue weighted by atomic mass is 35.5. The maximum Gasteiger partial charge on any atom is 0.266 e. The molecule has 0 atom stereocenters. The Labute approximate surface area is 164 Å². The maximum absolute atomic E-state index is 13.7. The van der Waals surface area contributed by atoms with Gasteiger partial charge in [-0.25, -0.2) is 19.3 Å². The predicted molar refractivity (Wildman–Crippen MR) is 108 cm³/mol.